The summed E-state index contributed by atoms with van der Waals surface area (Å²) < 4.78 is 31.3. The molecule has 0 aromatic heterocycles. The molecule has 116 valence electrons. The smallest absolute Gasteiger partial charge is 0.340 e. The van der Waals surface area contributed by atoms with Crippen LogP contribution in [0.3, 0.4) is 0 Å². The van der Waals surface area contributed by atoms with Crippen LogP contribution in [0, 0.1) is 0 Å². The Morgan fingerprint density at radius 2 is 1.95 bits per heavy atom. The number of anilines is 1. The molecule has 0 atom stereocenters. The Labute approximate surface area is 138 Å². The predicted molar refractivity (Wildman–Crippen MR) is 82.8 cm³/mol. The fourth-order valence-corrected chi connectivity index (χ4v) is 3.91. The second-order valence-corrected chi connectivity index (χ2v) is 7.48. The van der Waals surface area contributed by atoms with Crippen LogP contribution in [0.2, 0.25) is 0 Å². The third-order valence-corrected chi connectivity index (χ3v) is 4.64. The van der Waals surface area contributed by atoms with Crippen LogP contribution in [-0.4, -0.2) is 38.3 Å². The molecule has 0 amide bonds. The van der Waals surface area contributed by atoms with Crippen molar-refractivity contribution in [1.82, 2.24) is 0 Å². The van der Waals surface area contributed by atoms with Gasteiger partial charge in [-0.25, -0.2) is 13.2 Å². The van der Waals surface area contributed by atoms with E-state index in [1.54, 1.807) is 6.07 Å². The van der Waals surface area contributed by atoms with Crippen LogP contribution in [0.4, 0.5) is 5.69 Å². The molecule has 0 aliphatic rings. The van der Waals surface area contributed by atoms with Gasteiger partial charge in [0.2, 0.25) is 10.0 Å². The van der Waals surface area contributed by atoms with Crippen molar-refractivity contribution in [2.75, 3.05) is 17.6 Å². The van der Waals surface area contributed by atoms with Crippen LogP contribution in [-0.2, 0) is 19.6 Å². The van der Waals surface area contributed by atoms with Crippen molar-refractivity contribution in [1.29, 1.82) is 0 Å². The molecule has 1 aromatic rings. The minimum atomic E-state index is -3.91. The van der Waals surface area contributed by atoms with Crippen LogP contribution >= 0.6 is 31.9 Å². The summed E-state index contributed by atoms with van der Waals surface area (Å²) in [6.45, 7) is 0. The summed E-state index contributed by atoms with van der Waals surface area (Å²) in [7, 11) is -2.75. The van der Waals surface area contributed by atoms with Crippen molar-refractivity contribution >= 4 is 59.5 Å². The lowest BCUT2D eigenvalue weighted by atomic mass is 10.2. The minimum Gasteiger partial charge on any atom is -0.481 e. The molecule has 21 heavy (non-hydrogen) atoms. The molecule has 10 heteroatoms. The number of nitrogens with one attached hydrogen (secondary N) is 1. The van der Waals surface area contributed by atoms with Gasteiger partial charge in [0.25, 0.3) is 0 Å². The fourth-order valence-electron chi connectivity index (χ4n) is 1.38. The summed E-state index contributed by atoms with van der Waals surface area (Å²) in [6, 6.07) is 2.94. The maximum absolute atomic E-state index is 11.8. The van der Waals surface area contributed by atoms with Crippen molar-refractivity contribution in [2.24, 2.45) is 0 Å². The number of carbonyl (C=O) groups excluding carboxylic acids is 1. The number of methoxy groups -OCH3 is 1. The van der Waals surface area contributed by atoms with Gasteiger partial charge in [0.1, 0.15) is 0 Å². The highest BCUT2D eigenvalue weighted by Gasteiger charge is 2.21. The summed E-state index contributed by atoms with van der Waals surface area (Å²) in [4.78, 5) is 22.1. The van der Waals surface area contributed by atoms with Gasteiger partial charge in [0.15, 0.2) is 0 Å². The number of esters is 1. The minimum absolute atomic E-state index is 0.00218. The number of carboxylic acids is 1. The second kappa shape index (κ2) is 7.23. The zero-order chi connectivity index (χ0) is 16.2. The number of ether oxygens (including phenoxy) is 1. The van der Waals surface area contributed by atoms with Crippen LogP contribution in [0.1, 0.15) is 16.8 Å². The number of hydrogen-bond acceptors (Lipinski definition) is 5. The summed E-state index contributed by atoms with van der Waals surface area (Å²) >= 11 is 6.33. The molecule has 0 radical (unpaired) electrons. The first-order valence-corrected chi connectivity index (χ1v) is 8.69. The molecule has 0 bridgehead atoms. The van der Waals surface area contributed by atoms with Gasteiger partial charge in [-0.15, -0.1) is 0 Å². The Hall–Kier alpha value is -1.13. The van der Waals surface area contributed by atoms with E-state index in [0.29, 0.717) is 8.95 Å². The van der Waals surface area contributed by atoms with E-state index < -0.39 is 34.1 Å². The van der Waals surface area contributed by atoms with E-state index in [-0.39, 0.29) is 11.3 Å². The Kier molecular flexibility index (Phi) is 6.17. The summed E-state index contributed by atoms with van der Waals surface area (Å²) in [5, 5.41) is 8.53. The molecule has 0 fully saturated rings. The number of carboxylic acid groups (broad SMARTS) is 1. The average molecular weight is 445 g/mol. The van der Waals surface area contributed by atoms with Crippen molar-refractivity contribution in [2.45, 2.75) is 6.42 Å². The Bertz CT molecular complexity index is 674. The molecule has 0 saturated heterocycles. The van der Waals surface area contributed by atoms with Crippen LogP contribution in [0.25, 0.3) is 0 Å². The highest BCUT2D eigenvalue weighted by Crippen LogP contribution is 2.32. The lowest BCUT2D eigenvalue weighted by Gasteiger charge is -2.13. The molecule has 0 unspecified atom stereocenters. The van der Waals surface area contributed by atoms with Gasteiger partial charge in [0, 0.05) is 8.95 Å². The largest absolute Gasteiger partial charge is 0.481 e. The van der Waals surface area contributed by atoms with Crippen molar-refractivity contribution in [3.05, 3.63) is 26.6 Å². The topological polar surface area (TPSA) is 110 Å². The number of sulfonamides is 1. The van der Waals surface area contributed by atoms with E-state index in [4.69, 9.17) is 5.11 Å². The predicted octanol–water partition coefficient (Wildman–Crippen LogP) is 2.21. The first kappa shape index (κ1) is 17.9. The van der Waals surface area contributed by atoms with Crippen molar-refractivity contribution < 1.29 is 27.9 Å². The van der Waals surface area contributed by atoms with Gasteiger partial charge in [-0.1, -0.05) is 15.9 Å². The van der Waals surface area contributed by atoms with E-state index in [0.717, 1.165) is 0 Å². The summed E-state index contributed by atoms with van der Waals surface area (Å²) in [5.41, 5.74) is -0.00640. The van der Waals surface area contributed by atoms with E-state index >= 15 is 0 Å². The standard InChI is InChI=1S/C11H11Br2NO6S/c1-20-11(17)7-4-6(12)5-8(13)10(7)14-21(18,19)3-2-9(15)16/h4-5,14H,2-3H2,1H3,(H,15,16). The third-order valence-electron chi connectivity index (χ3n) is 2.30. The lowest BCUT2D eigenvalue weighted by molar-refractivity contribution is -0.136. The molecule has 7 nitrogen and oxygen atoms in total. The molecule has 0 saturated carbocycles. The van der Waals surface area contributed by atoms with Crippen LogP contribution in [0.15, 0.2) is 21.1 Å². The maximum atomic E-state index is 11.8. The average Bonchev–Trinajstić information content (AvgIpc) is 2.38. The monoisotopic (exact) mass is 443 g/mol. The fraction of sp³-hybridized carbons (Fsp3) is 0.273. The SMILES string of the molecule is COC(=O)c1cc(Br)cc(Br)c1NS(=O)(=O)CCC(=O)O. The number of aliphatic carboxylic acids is 1. The van der Waals surface area contributed by atoms with E-state index in [1.807, 2.05) is 0 Å². The first-order valence-electron chi connectivity index (χ1n) is 5.46. The molecular formula is C11H11Br2NO6S. The highest BCUT2D eigenvalue weighted by molar-refractivity contribution is 9.11. The quantitative estimate of drug-likeness (QED) is 0.651. The third kappa shape index (κ3) is 5.29. The van der Waals surface area contributed by atoms with Gasteiger partial charge in [-0.05, 0) is 28.1 Å². The Morgan fingerprint density at radius 3 is 2.48 bits per heavy atom. The van der Waals surface area contributed by atoms with E-state index in [9.17, 15) is 18.0 Å². The van der Waals surface area contributed by atoms with E-state index in [1.165, 1.54) is 13.2 Å². The molecule has 0 aliphatic carbocycles. The molecule has 2 N–H and O–H groups in total. The van der Waals surface area contributed by atoms with Gasteiger partial charge >= 0.3 is 11.9 Å². The molecule has 0 spiro atoms. The number of hydrogen-bond donors (Lipinski definition) is 2. The zero-order valence-corrected chi connectivity index (χ0v) is 14.7. The normalized spacial score (nSPS) is 11.0. The maximum Gasteiger partial charge on any atom is 0.340 e. The Morgan fingerprint density at radius 1 is 1.33 bits per heavy atom. The first-order chi connectivity index (χ1) is 9.66. The zero-order valence-electron chi connectivity index (χ0n) is 10.7. The van der Waals surface area contributed by atoms with Crippen molar-refractivity contribution in [3.63, 3.8) is 0 Å². The number of rotatable bonds is 6. The second-order valence-electron chi connectivity index (χ2n) is 3.87. The molecule has 0 heterocycles. The van der Waals surface area contributed by atoms with Gasteiger partial charge < -0.3 is 9.84 Å². The molecule has 1 rings (SSSR count). The summed E-state index contributed by atoms with van der Waals surface area (Å²) in [6.07, 6.45) is -0.545. The van der Waals surface area contributed by atoms with Crippen molar-refractivity contribution in [3.8, 4) is 0 Å². The number of halogens is 2. The van der Waals surface area contributed by atoms with Gasteiger partial charge in [0.05, 0.1) is 30.5 Å². The van der Waals surface area contributed by atoms with E-state index in [2.05, 4.69) is 41.3 Å². The van der Waals surface area contributed by atoms with Crippen LogP contribution < -0.4 is 4.72 Å². The molecule has 1 aromatic carbocycles. The molecular weight excluding hydrogens is 434 g/mol. The van der Waals surface area contributed by atoms with Gasteiger partial charge in [-0.2, -0.15) is 0 Å². The van der Waals surface area contributed by atoms with Gasteiger partial charge in [-0.3, -0.25) is 9.52 Å². The number of carbonyl (C=O) groups is 2. The highest BCUT2D eigenvalue weighted by atomic mass is 79.9. The molecule has 0 aliphatic heterocycles. The lowest BCUT2D eigenvalue weighted by Crippen LogP contribution is -2.21. The Balaban J connectivity index is 3.18. The number of benzene rings is 1. The van der Waals surface area contributed by atoms with Crippen LogP contribution in [0.5, 0.6) is 0 Å². The summed E-state index contributed by atoms with van der Waals surface area (Å²) in [5.74, 6) is -2.57.